The Bertz CT molecular complexity index is 348. The quantitative estimate of drug-likeness (QED) is 0.580. The minimum atomic E-state index is -0.681. The zero-order valence-corrected chi connectivity index (χ0v) is 11.1. The Morgan fingerprint density at radius 3 is 1.78 bits per heavy atom. The smallest absolute Gasteiger partial charge is 0.303 e. The van der Waals surface area contributed by atoms with Crippen LogP contribution in [0.2, 0.25) is 0 Å². The summed E-state index contributed by atoms with van der Waals surface area (Å²) in [6.07, 6.45) is 11.7. The van der Waals surface area contributed by atoms with E-state index in [-0.39, 0.29) is 5.43 Å². The summed E-state index contributed by atoms with van der Waals surface area (Å²) in [5, 5.41) is 8.47. The van der Waals surface area contributed by atoms with Gasteiger partial charge in [0, 0.05) is 12.0 Å². The fourth-order valence-electron chi connectivity index (χ4n) is 2.15. The van der Waals surface area contributed by atoms with Gasteiger partial charge in [-0.05, 0) is 25.3 Å². The van der Waals surface area contributed by atoms with Crippen LogP contribution in [0.5, 0.6) is 0 Å². The molecule has 3 heteroatoms. The van der Waals surface area contributed by atoms with E-state index in [0.717, 1.165) is 37.7 Å². The van der Waals surface area contributed by atoms with E-state index in [9.17, 15) is 9.59 Å². The van der Waals surface area contributed by atoms with Crippen LogP contribution in [0.4, 0.5) is 0 Å². The predicted octanol–water partition coefficient (Wildman–Crippen LogP) is 3.45. The van der Waals surface area contributed by atoms with Crippen molar-refractivity contribution in [2.75, 3.05) is 0 Å². The second-order valence-electron chi connectivity index (χ2n) is 5.11. The van der Waals surface area contributed by atoms with E-state index in [0.29, 0.717) is 6.42 Å². The van der Waals surface area contributed by atoms with Crippen molar-refractivity contribution in [2.45, 2.75) is 70.6 Å². The number of hydrogen-bond acceptors (Lipinski definition) is 2. The molecule has 102 valence electrons. The lowest BCUT2D eigenvalue weighted by atomic mass is 10.1. The molecule has 0 aromatic heterocycles. The molecule has 0 bridgehead atoms. The minimum absolute atomic E-state index is 0.261. The van der Waals surface area contributed by atoms with Gasteiger partial charge in [0.15, 0.2) is 5.43 Å². The fourth-order valence-corrected chi connectivity index (χ4v) is 2.15. The molecular weight excluding hydrogens is 228 g/mol. The predicted molar refractivity (Wildman–Crippen MR) is 72.6 cm³/mol. The highest BCUT2D eigenvalue weighted by molar-refractivity contribution is 5.66. The molecule has 0 atom stereocenters. The van der Waals surface area contributed by atoms with Crippen molar-refractivity contribution in [1.82, 2.24) is 0 Å². The van der Waals surface area contributed by atoms with Gasteiger partial charge in [0.2, 0.25) is 0 Å². The van der Waals surface area contributed by atoms with Crippen molar-refractivity contribution >= 4 is 5.97 Å². The lowest BCUT2D eigenvalue weighted by molar-refractivity contribution is -0.137. The number of aliphatic carboxylic acids is 1. The summed E-state index contributed by atoms with van der Waals surface area (Å²) in [6.45, 7) is 0. The van der Waals surface area contributed by atoms with Crippen LogP contribution < -0.4 is 5.43 Å². The first-order valence-corrected chi connectivity index (χ1v) is 7.17. The van der Waals surface area contributed by atoms with Gasteiger partial charge in [0.05, 0.1) is 0 Å². The van der Waals surface area contributed by atoms with Gasteiger partial charge in [-0.25, -0.2) is 0 Å². The van der Waals surface area contributed by atoms with Crippen LogP contribution in [0.15, 0.2) is 10.9 Å². The van der Waals surface area contributed by atoms with E-state index in [1.54, 1.807) is 6.07 Å². The molecular formula is C15H24O3. The monoisotopic (exact) mass is 252 g/mol. The maximum Gasteiger partial charge on any atom is 0.303 e. The Morgan fingerprint density at radius 1 is 0.889 bits per heavy atom. The molecule has 0 heterocycles. The summed E-state index contributed by atoms with van der Waals surface area (Å²) in [5.41, 5.74) is 1.30. The molecule has 0 aliphatic rings. The second kappa shape index (κ2) is 8.90. The Kier molecular flexibility index (Phi) is 7.38. The number of unbranched alkanes of at least 4 members (excludes halogenated alkanes) is 8. The van der Waals surface area contributed by atoms with E-state index in [4.69, 9.17) is 5.11 Å². The molecule has 1 aromatic rings. The minimum Gasteiger partial charge on any atom is -0.481 e. The summed E-state index contributed by atoms with van der Waals surface area (Å²) in [5.74, 6) is -0.681. The van der Waals surface area contributed by atoms with E-state index >= 15 is 0 Å². The molecule has 0 fully saturated rings. The molecule has 0 saturated carbocycles. The number of rotatable bonds is 12. The SMILES string of the molecule is O=C(O)CCCCCCCCCCCc1cc1=O. The molecule has 0 unspecified atom stereocenters. The highest BCUT2D eigenvalue weighted by Crippen LogP contribution is 2.12. The molecule has 0 aliphatic heterocycles. The maximum absolute atomic E-state index is 10.7. The Morgan fingerprint density at radius 2 is 1.33 bits per heavy atom. The van der Waals surface area contributed by atoms with Crippen LogP contribution in [0.25, 0.3) is 0 Å². The van der Waals surface area contributed by atoms with Crippen molar-refractivity contribution in [2.24, 2.45) is 0 Å². The third-order valence-corrected chi connectivity index (χ3v) is 3.38. The highest BCUT2D eigenvalue weighted by Gasteiger charge is 2.06. The normalized spacial score (nSPS) is 11.1. The van der Waals surface area contributed by atoms with Gasteiger partial charge in [0.25, 0.3) is 0 Å². The molecule has 1 rings (SSSR count). The second-order valence-corrected chi connectivity index (χ2v) is 5.11. The van der Waals surface area contributed by atoms with E-state index in [1.165, 1.54) is 32.1 Å². The third kappa shape index (κ3) is 8.04. The summed E-state index contributed by atoms with van der Waals surface area (Å²) in [7, 11) is 0. The number of hydrogen-bond donors (Lipinski definition) is 1. The van der Waals surface area contributed by atoms with Crippen LogP contribution in [-0.2, 0) is 11.2 Å². The number of carboxylic acid groups (broad SMARTS) is 1. The van der Waals surface area contributed by atoms with Gasteiger partial charge in [0.1, 0.15) is 0 Å². The number of carbonyl (C=O) groups is 1. The zero-order valence-electron chi connectivity index (χ0n) is 11.1. The molecule has 18 heavy (non-hydrogen) atoms. The van der Waals surface area contributed by atoms with Gasteiger partial charge in [-0.3, -0.25) is 9.59 Å². The van der Waals surface area contributed by atoms with Crippen molar-refractivity contribution in [3.63, 3.8) is 0 Å². The molecule has 1 aromatic carbocycles. The van der Waals surface area contributed by atoms with Crippen LogP contribution in [0, 0.1) is 0 Å². The number of aryl methyl sites for hydroxylation is 1. The van der Waals surface area contributed by atoms with Crippen molar-refractivity contribution in [3.05, 3.63) is 21.9 Å². The first-order chi connectivity index (χ1) is 8.70. The van der Waals surface area contributed by atoms with E-state index < -0.39 is 5.97 Å². The van der Waals surface area contributed by atoms with Gasteiger partial charge >= 0.3 is 5.97 Å². The first-order valence-electron chi connectivity index (χ1n) is 7.17. The topological polar surface area (TPSA) is 54.4 Å². The molecule has 3 nitrogen and oxygen atoms in total. The molecule has 1 N–H and O–H groups in total. The summed E-state index contributed by atoms with van der Waals surface area (Å²) >= 11 is 0. The summed E-state index contributed by atoms with van der Waals surface area (Å²) in [4.78, 5) is 21.0. The third-order valence-electron chi connectivity index (χ3n) is 3.38. The lowest BCUT2D eigenvalue weighted by Crippen LogP contribution is -1.93. The lowest BCUT2D eigenvalue weighted by Gasteiger charge is -2.01. The van der Waals surface area contributed by atoms with Crippen LogP contribution in [-0.4, -0.2) is 11.1 Å². The van der Waals surface area contributed by atoms with Crippen molar-refractivity contribution in [3.8, 4) is 0 Å². The average molecular weight is 252 g/mol. The fraction of sp³-hybridized carbons (Fsp3) is 0.733. The van der Waals surface area contributed by atoms with E-state index in [1.807, 2.05) is 0 Å². The molecule has 0 aliphatic carbocycles. The van der Waals surface area contributed by atoms with Crippen LogP contribution in [0.1, 0.15) is 69.8 Å². The highest BCUT2D eigenvalue weighted by atomic mass is 16.4. The van der Waals surface area contributed by atoms with Crippen LogP contribution in [0.3, 0.4) is 0 Å². The largest absolute Gasteiger partial charge is 0.481 e. The zero-order chi connectivity index (χ0) is 13.2. The van der Waals surface area contributed by atoms with E-state index in [2.05, 4.69) is 0 Å². The molecule has 0 saturated heterocycles. The first kappa shape index (κ1) is 14.9. The van der Waals surface area contributed by atoms with Gasteiger partial charge < -0.3 is 5.11 Å². The Balaban J connectivity index is 1.71. The Labute approximate surface area is 109 Å². The standard InChI is InChI=1S/C15H24O3/c16-14-12-13(14)10-8-6-4-2-1-3-5-7-9-11-15(17)18/h12H,1-11H2,(H,17,18). The molecule has 0 spiro atoms. The van der Waals surface area contributed by atoms with Gasteiger partial charge in [-0.2, -0.15) is 0 Å². The number of carboxylic acids is 1. The van der Waals surface area contributed by atoms with Gasteiger partial charge in [-0.15, -0.1) is 0 Å². The van der Waals surface area contributed by atoms with Crippen molar-refractivity contribution in [1.29, 1.82) is 0 Å². The average Bonchev–Trinajstić information content (AvgIpc) is 3.02. The van der Waals surface area contributed by atoms with Crippen LogP contribution >= 0.6 is 0 Å². The molecule has 0 radical (unpaired) electrons. The Hall–Kier alpha value is -1.12. The summed E-state index contributed by atoms with van der Waals surface area (Å²) < 4.78 is 0. The summed E-state index contributed by atoms with van der Waals surface area (Å²) in [6, 6.07) is 1.73. The van der Waals surface area contributed by atoms with Crippen molar-refractivity contribution < 1.29 is 9.90 Å². The maximum atomic E-state index is 10.7. The molecule has 0 amide bonds. The van der Waals surface area contributed by atoms with Gasteiger partial charge in [-0.1, -0.05) is 44.9 Å².